The number of urea groups is 1. The number of rotatable bonds is 11. The second-order valence-corrected chi connectivity index (χ2v) is 7.69. The minimum atomic E-state index is -0.765. The van der Waals surface area contributed by atoms with Crippen molar-refractivity contribution in [2.45, 2.75) is 68.7 Å². The van der Waals surface area contributed by atoms with E-state index in [2.05, 4.69) is 16.0 Å². The van der Waals surface area contributed by atoms with Crippen molar-refractivity contribution in [3.8, 4) is 0 Å². The molecule has 0 bridgehead atoms. The van der Waals surface area contributed by atoms with Crippen LogP contribution in [0.1, 0.15) is 51.4 Å². The Bertz CT molecular complexity index is 461. The Hall–Kier alpha value is -1.44. The van der Waals surface area contributed by atoms with Crippen LogP contribution in [0.15, 0.2) is 0 Å². The number of carboxylic acids is 1. The van der Waals surface area contributed by atoms with Gasteiger partial charge in [-0.3, -0.25) is 9.59 Å². The molecule has 2 aliphatic rings. The molecule has 2 saturated heterocycles. The summed E-state index contributed by atoms with van der Waals surface area (Å²) in [5.74, 6) is 0.274. The van der Waals surface area contributed by atoms with Gasteiger partial charge >= 0.3 is 12.0 Å². The zero-order valence-electron chi connectivity index (χ0n) is 13.9. The molecule has 2 rings (SSSR count). The second kappa shape index (κ2) is 9.76. The summed E-state index contributed by atoms with van der Waals surface area (Å²) < 4.78 is 0. The van der Waals surface area contributed by atoms with Crippen LogP contribution in [0, 0.1) is 0 Å². The highest BCUT2D eigenvalue weighted by Gasteiger charge is 2.42. The lowest BCUT2D eigenvalue weighted by Crippen LogP contribution is -2.36. The van der Waals surface area contributed by atoms with Crippen molar-refractivity contribution in [2.75, 3.05) is 12.3 Å². The molecule has 0 aromatic carbocycles. The average molecular weight is 357 g/mol. The Balaban J connectivity index is 1.45. The first-order chi connectivity index (χ1) is 11.6. The van der Waals surface area contributed by atoms with Crippen molar-refractivity contribution in [1.82, 2.24) is 16.0 Å². The smallest absolute Gasteiger partial charge is 0.315 e. The van der Waals surface area contributed by atoms with Crippen molar-refractivity contribution in [3.63, 3.8) is 0 Å². The standard InChI is InChI=1S/C16H27N3O4S/c20-13(17-9-5-1-2-8-14(21)22)7-4-3-6-12-15-11(10-24-12)18-16(23)19-15/h11-12,15H,1-10H2,(H,17,20)(H,21,22)(H2,18,19,23). The van der Waals surface area contributed by atoms with Crippen molar-refractivity contribution in [2.24, 2.45) is 0 Å². The Morgan fingerprint density at radius 3 is 2.71 bits per heavy atom. The molecule has 2 fully saturated rings. The molecule has 136 valence electrons. The van der Waals surface area contributed by atoms with Gasteiger partial charge in [0.2, 0.25) is 5.91 Å². The first kappa shape index (κ1) is 18.9. The molecule has 24 heavy (non-hydrogen) atoms. The molecular formula is C16H27N3O4S. The molecule has 2 aliphatic heterocycles. The van der Waals surface area contributed by atoms with Gasteiger partial charge in [0.15, 0.2) is 0 Å². The number of carbonyl (C=O) groups excluding carboxylic acids is 2. The highest BCUT2D eigenvalue weighted by molar-refractivity contribution is 8.00. The van der Waals surface area contributed by atoms with Crippen molar-refractivity contribution >= 4 is 29.7 Å². The van der Waals surface area contributed by atoms with Gasteiger partial charge in [-0.05, 0) is 25.7 Å². The lowest BCUT2D eigenvalue weighted by Gasteiger charge is -2.16. The van der Waals surface area contributed by atoms with E-state index in [1.807, 2.05) is 11.8 Å². The molecule has 0 aromatic heterocycles. The fourth-order valence-corrected chi connectivity index (χ4v) is 4.71. The van der Waals surface area contributed by atoms with Crippen LogP contribution in [0.2, 0.25) is 0 Å². The largest absolute Gasteiger partial charge is 0.481 e. The van der Waals surface area contributed by atoms with Gasteiger partial charge in [-0.25, -0.2) is 4.79 Å². The van der Waals surface area contributed by atoms with E-state index in [1.54, 1.807) is 0 Å². The lowest BCUT2D eigenvalue weighted by molar-refractivity contribution is -0.137. The predicted molar refractivity (Wildman–Crippen MR) is 93.1 cm³/mol. The fraction of sp³-hybridized carbons (Fsp3) is 0.812. The second-order valence-electron chi connectivity index (χ2n) is 6.42. The summed E-state index contributed by atoms with van der Waals surface area (Å²) in [6.45, 7) is 0.623. The van der Waals surface area contributed by atoms with Crippen LogP contribution in [0.25, 0.3) is 0 Å². The highest BCUT2D eigenvalue weighted by atomic mass is 32.2. The maximum Gasteiger partial charge on any atom is 0.315 e. The van der Waals surface area contributed by atoms with Crippen LogP contribution in [0.4, 0.5) is 4.79 Å². The van der Waals surface area contributed by atoms with E-state index in [0.29, 0.717) is 24.6 Å². The molecule has 0 saturated carbocycles. The Labute approximate surface area is 146 Å². The number of nitrogens with one attached hydrogen (secondary N) is 3. The number of unbranched alkanes of at least 4 members (excludes halogenated alkanes) is 3. The third-order valence-electron chi connectivity index (χ3n) is 4.47. The summed E-state index contributed by atoms with van der Waals surface area (Å²) in [6.07, 6.45) is 5.93. The normalized spacial score (nSPS) is 25.0. The minimum absolute atomic E-state index is 0.0574. The molecule has 3 amide bonds. The number of carboxylic acid groups (broad SMARTS) is 1. The summed E-state index contributed by atoms with van der Waals surface area (Å²) in [6, 6.07) is 0.442. The molecule has 8 heteroatoms. The Morgan fingerprint density at radius 2 is 1.92 bits per heavy atom. The van der Waals surface area contributed by atoms with Crippen LogP contribution < -0.4 is 16.0 Å². The topological polar surface area (TPSA) is 108 Å². The Morgan fingerprint density at radius 1 is 1.12 bits per heavy atom. The van der Waals surface area contributed by atoms with E-state index in [4.69, 9.17) is 5.11 Å². The summed E-state index contributed by atoms with van der Waals surface area (Å²) >= 11 is 1.90. The van der Waals surface area contributed by atoms with Gasteiger partial charge in [0, 0.05) is 30.4 Å². The zero-order chi connectivity index (χ0) is 17.4. The van der Waals surface area contributed by atoms with Crippen molar-refractivity contribution in [1.29, 1.82) is 0 Å². The monoisotopic (exact) mass is 357 g/mol. The number of amides is 3. The van der Waals surface area contributed by atoms with Crippen LogP contribution in [0.5, 0.6) is 0 Å². The van der Waals surface area contributed by atoms with Crippen LogP contribution >= 0.6 is 11.8 Å². The quantitative estimate of drug-likeness (QED) is 0.331. The maximum atomic E-state index is 11.7. The third kappa shape index (κ3) is 6.22. The maximum absolute atomic E-state index is 11.7. The molecule has 2 heterocycles. The molecule has 0 radical (unpaired) electrons. The number of thioether (sulfide) groups is 1. The van der Waals surface area contributed by atoms with E-state index < -0.39 is 5.97 Å². The summed E-state index contributed by atoms with van der Waals surface area (Å²) in [7, 11) is 0. The van der Waals surface area contributed by atoms with Gasteiger partial charge < -0.3 is 21.1 Å². The summed E-state index contributed by atoms with van der Waals surface area (Å²) in [5.41, 5.74) is 0. The highest BCUT2D eigenvalue weighted by Crippen LogP contribution is 2.33. The van der Waals surface area contributed by atoms with Crippen LogP contribution in [-0.2, 0) is 9.59 Å². The first-order valence-electron chi connectivity index (χ1n) is 8.73. The lowest BCUT2D eigenvalue weighted by atomic mass is 10.0. The van der Waals surface area contributed by atoms with Crippen LogP contribution in [-0.4, -0.2) is 52.6 Å². The number of fused-ring (bicyclic) bond motifs is 1. The number of aliphatic carboxylic acids is 1. The summed E-state index contributed by atoms with van der Waals surface area (Å²) in [4.78, 5) is 33.4. The van der Waals surface area contributed by atoms with Crippen molar-refractivity contribution < 1.29 is 19.5 Å². The zero-order valence-corrected chi connectivity index (χ0v) is 14.7. The molecule has 3 unspecified atom stereocenters. The van der Waals surface area contributed by atoms with E-state index in [-0.39, 0.29) is 30.4 Å². The molecule has 0 aliphatic carbocycles. The molecule has 7 nitrogen and oxygen atoms in total. The van der Waals surface area contributed by atoms with E-state index in [1.165, 1.54) is 0 Å². The molecule has 0 spiro atoms. The molecule has 4 N–H and O–H groups in total. The third-order valence-corrected chi connectivity index (χ3v) is 5.98. The Kier molecular flexibility index (Phi) is 7.68. The van der Waals surface area contributed by atoms with Gasteiger partial charge in [-0.2, -0.15) is 11.8 Å². The number of hydrogen-bond acceptors (Lipinski definition) is 4. The SMILES string of the molecule is O=C(O)CCCCCNC(=O)CCCCC1SCC2NC(=O)NC21. The fourth-order valence-electron chi connectivity index (χ4n) is 3.17. The summed E-state index contributed by atoms with van der Waals surface area (Å²) in [5, 5.41) is 17.8. The number of carbonyl (C=O) groups is 3. The van der Waals surface area contributed by atoms with Crippen LogP contribution in [0.3, 0.4) is 0 Å². The van der Waals surface area contributed by atoms with Gasteiger partial charge in [-0.15, -0.1) is 0 Å². The van der Waals surface area contributed by atoms with E-state index >= 15 is 0 Å². The minimum Gasteiger partial charge on any atom is -0.481 e. The first-order valence-corrected chi connectivity index (χ1v) is 9.78. The molecule has 0 aromatic rings. The van der Waals surface area contributed by atoms with Crippen molar-refractivity contribution in [3.05, 3.63) is 0 Å². The van der Waals surface area contributed by atoms with E-state index in [9.17, 15) is 14.4 Å². The van der Waals surface area contributed by atoms with Gasteiger partial charge in [0.1, 0.15) is 0 Å². The molecular weight excluding hydrogens is 330 g/mol. The average Bonchev–Trinajstić information content (AvgIpc) is 3.06. The van der Waals surface area contributed by atoms with Gasteiger partial charge in [0.25, 0.3) is 0 Å². The van der Waals surface area contributed by atoms with E-state index in [0.717, 1.165) is 37.9 Å². The van der Waals surface area contributed by atoms with Gasteiger partial charge in [-0.1, -0.05) is 12.8 Å². The molecule has 3 atom stereocenters. The van der Waals surface area contributed by atoms with Gasteiger partial charge in [0.05, 0.1) is 12.1 Å². The number of hydrogen-bond donors (Lipinski definition) is 4. The predicted octanol–water partition coefficient (Wildman–Crippen LogP) is 1.47.